The van der Waals surface area contributed by atoms with Gasteiger partial charge in [-0.15, -0.1) is 11.8 Å². The lowest BCUT2D eigenvalue weighted by Gasteiger charge is -2.31. The minimum absolute atomic E-state index is 0.0109. The van der Waals surface area contributed by atoms with E-state index in [1.54, 1.807) is 24.3 Å². The zero-order valence-electron chi connectivity index (χ0n) is 19.8. The van der Waals surface area contributed by atoms with Gasteiger partial charge in [0.2, 0.25) is 11.8 Å². The maximum Gasteiger partial charge on any atom is 0.242 e. The third kappa shape index (κ3) is 6.05. The minimum atomic E-state index is -0.130. The number of nitrogens with one attached hydrogen (secondary N) is 1. The molecule has 0 saturated carbocycles. The second-order valence-corrected chi connectivity index (χ2v) is 9.61. The maximum absolute atomic E-state index is 13.0. The summed E-state index contributed by atoms with van der Waals surface area (Å²) in [4.78, 5) is 39.8. The van der Waals surface area contributed by atoms with Crippen molar-refractivity contribution in [2.75, 3.05) is 11.1 Å². The molecule has 0 saturated heterocycles. The van der Waals surface area contributed by atoms with Crippen molar-refractivity contribution >= 4 is 45.9 Å². The van der Waals surface area contributed by atoms with Crippen LogP contribution < -0.4 is 5.32 Å². The second kappa shape index (κ2) is 10.7. The lowest BCUT2D eigenvalue weighted by Crippen LogP contribution is -2.43. The summed E-state index contributed by atoms with van der Waals surface area (Å²) in [5, 5.41) is 3.89. The number of fused-ring (bicyclic) bond motifs is 1. The standard InChI is InChI=1S/C26H31N3O3S/c1-17(2)29(18(3)4)26(32)15-28-14-24(22-8-6-7-9-23(22)28)33-16-25(31)27-21-12-10-20(11-13-21)19(5)30/h6-14,17-18H,15-16H2,1-5H3,(H,27,31). The van der Waals surface area contributed by atoms with Gasteiger partial charge in [-0.05, 0) is 65.0 Å². The summed E-state index contributed by atoms with van der Waals surface area (Å²) in [5.41, 5.74) is 2.24. The van der Waals surface area contributed by atoms with Gasteiger partial charge < -0.3 is 14.8 Å². The van der Waals surface area contributed by atoms with Crippen molar-refractivity contribution in [3.05, 3.63) is 60.3 Å². The molecular weight excluding hydrogens is 434 g/mol. The molecule has 174 valence electrons. The van der Waals surface area contributed by atoms with E-state index in [4.69, 9.17) is 0 Å². The fourth-order valence-corrected chi connectivity index (χ4v) is 4.88. The predicted molar refractivity (Wildman–Crippen MR) is 135 cm³/mol. The molecule has 33 heavy (non-hydrogen) atoms. The highest BCUT2D eigenvalue weighted by Crippen LogP contribution is 2.30. The van der Waals surface area contributed by atoms with Crippen LogP contribution in [0.5, 0.6) is 0 Å². The Kier molecular flexibility index (Phi) is 7.97. The van der Waals surface area contributed by atoms with Crippen LogP contribution in [-0.2, 0) is 16.1 Å². The van der Waals surface area contributed by atoms with Gasteiger partial charge in [0, 0.05) is 45.3 Å². The third-order valence-electron chi connectivity index (χ3n) is 5.39. The first kappa shape index (κ1) is 24.6. The molecule has 0 radical (unpaired) electrons. The third-order valence-corrected chi connectivity index (χ3v) is 6.44. The van der Waals surface area contributed by atoms with Gasteiger partial charge in [-0.1, -0.05) is 18.2 Å². The quantitative estimate of drug-likeness (QED) is 0.347. The lowest BCUT2D eigenvalue weighted by molar-refractivity contribution is -0.135. The van der Waals surface area contributed by atoms with Crippen LogP contribution in [-0.4, -0.2) is 44.9 Å². The van der Waals surface area contributed by atoms with Crippen molar-refractivity contribution in [3.63, 3.8) is 0 Å². The highest BCUT2D eigenvalue weighted by Gasteiger charge is 2.21. The molecule has 0 bridgehead atoms. The number of amides is 2. The number of rotatable bonds is 9. The summed E-state index contributed by atoms with van der Waals surface area (Å²) in [6.07, 6.45) is 1.96. The van der Waals surface area contributed by atoms with E-state index in [-0.39, 0.29) is 42.0 Å². The van der Waals surface area contributed by atoms with Gasteiger partial charge in [0.15, 0.2) is 5.78 Å². The van der Waals surface area contributed by atoms with E-state index in [2.05, 4.69) is 5.32 Å². The number of hydrogen-bond acceptors (Lipinski definition) is 4. The molecule has 1 N–H and O–H groups in total. The number of para-hydroxylation sites is 1. The number of hydrogen-bond donors (Lipinski definition) is 1. The smallest absolute Gasteiger partial charge is 0.242 e. The molecule has 0 aliphatic rings. The van der Waals surface area contributed by atoms with E-state index >= 15 is 0 Å². The van der Waals surface area contributed by atoms with E-state index in [1.807, 2.05) is 67.6 Å². The molecule has 7 heteroatoms. The normalized spacial score (nSPS) is 11.2. The van der Waals surface area contributed by atoms with Gasteiger partial charge in [0.05, 0.1) is 5.75 Å². The van der Waals surface area contributed by atoms with Crippen LogP contribution in [0.2, 0.25) is 0 Å². The predicted octanol–water partition coefficient (Wildman–Crippen LogP) is 5.22. The van der Waals surface area contributed by atoms with Crippen LogP contribution in [0.25, 0.3) is 10.9 Å². The number of nitrogens with zero attached hydrogens (tertiary/aromatic N) is 2. The van der Waals surface area contributed by atoms with Crippen LogP contribution in [0.15, 0.2) is 59.6 Å². The maximum atomic E-state index is 13.0. The van der Waals surface area contributed by atoms with E-state index in [1.165, 1.54) is 18.7 Å². The Morgan fingerprint density at radius 1 is 0.970 bits per heavy atom. The number of carbonyl (C=O) groups is 3. The first-order valence-electron chi connectivity index (χ1n) is 11.1. The number of anilines is 1. The fraction of sp³-hybridized carbons (Fsp3) is 0.346. The number of benzene rings is 2. The van der Waals surface area contributed by atoms with Crippen molar-refractivity contribution < 1.29 is 14.4 Å². The van der Waals surface area contributed by atoms with Crippen molar-refractivity contribution in [1.29, 1.82) is 0 Å². The highest BCUT2D eigenvalue weighted by atomic mass is 32.2. The van der Waals surface area contributed by atoms with Gasteiger partial charge in [-0.3, -0.25) is 14.4 Å². The number of Topliss-reactive ketones (excluding diaryl/α,β-unsaturated/α-hetero) is 1. The molecule has 1 aromatic heterocycles. The molecule has 3 rings (SSSR count). The van der Waals surface area contributed by atoms with Crippen molar-refractivity contribution in [2.45, 2.75) is 58.1 Å². The van der Waals surface area contributed by atoms with Gasteiger partial charge >= 0.3 is 0 Å². The lowest BCUT2D eigenvalue weighted by atomic mass is 10.1. The summed E-state index contributed by atoms with van der Waals surface area (Å²) in [6, 6.07) is 15.0. The Balaban J connectivity index is 1.71. The van der Waals surface area contributed by atoms with Gasteiger partial charge in [0.25, 0.3) is 0 Å². The zero-order valence-corrected chi connectivity index (χ0v) is 20.6. The van der Waals surface area contributed by atoms with E-state index in [9.17, 15) is 14.4 Å². The van der Waals surface area contributed by atoms with E-state index in [0.29, 0.717) is 11.3 Å². The monoisotopic (exact) mass is 465 g/mol. The molecule has 0 spiro atoms. The van der Waals surface area contributed by atoms with Gasteiger partial charge in [0.1, 0.15) is 6.54 Å². The molecular formula is C26H31N3O3S. The second-order valence-electron chi connectivity index (χ2n) is 8.60. The van der Waals surface area contributed by atoms with E-state index < -0.39 is 0 Å². The van der Waals surface area contributed by atoms with E-state index in [0.717, 1.165) is 15.8 Å². The zero-order chi connectivity index (χ0) is 24.1. The van der Waals surface area contributed by atoms with Crippen LogP contribution >= 0.6 is 11.8 Å². The molecule has 3 aromatic rings. The van der Waals surface area contributed by atoms with Crippen molar-refractivity contribution in [1.82, 2.24) is 9.47 Å². The molecule has 0 aliphatic heterocycles. The summed E-state index contributed by atoms with van der Waals surface area (Å²) >= 11 is 1.44. The SMILES string of the molecule is CC(=O)c1ccc(NC(=O)CSc2cn(CC(=O)N(C(C)C)C(C)C)c3ccccc23)cc1. The van der Waals surface area contributed by atoms with Crippen LogP contribution in [0.4, 0.5) is 5.69 Å². The Morgan fingerprint density at radius 3 is 2.21 bits per heavy atom. The average Bonchev–Trinajstić information content (AvgIpc) is 3.09. The largest absolute Gasteiger partial charge is 0.337 e. The first-order chi connectivity index (χ1) is 15.7. The highest BCUT2D eigenvalue weighted by molar-refractivity contribution is 8.00. The summed E-state index contributed by atoms with van der Waals surface area (Å²) < 4.78 is 1.97. The average molecular weight is 466 g/mol. The topological polar surface area (TPSA) is 71.4 Å². The van der Waals surface area contributed by atoms with Crippen molar-refractivity contribution in [2.24, 2.45) is 0 Å². The molecule has 1 heterocycles. The number of aromatic nitrogens is 1. The molecule has 2 aromatic carbocycles. The molecule has 0 aliphatic carbocycles. The Morgan fingerprint density at radius 2 is 1.61 bits per heavy atom. The van der Waals surface area contributed by atoms with Crippen LogP contribution in [0, 0.1) is 0 Å². The molecule has 0 fully saturated rings. The summed E-state index contributed by atoms with van der Waals surface area (Å²) in [5.74, 6) is 0.169. The Hall–Kier alpha value is -3.06. The van der Waals surface area contributed by atoms with Crippen molar-refractivity contribution in [3.8, 4) is 0 Å². The summed E-state index contributed by atoms with van der Waals surface area (Å²) in [6.45, 7) is 9.88. The Labute approximate surface area is 199 Å². The molecule has 0 unspecified atom stereocenters. The number of carbonyl (C=O) groups excluding carboxylic acids is 3. The van der Waals surface area contributed by atoms with Gasteiger partial charge in [-0.2, -0.15) is 0 Å². The van der Waals surface area contributed by atoms with Gasteiger partial charge in [-0.25, -0.2) is 0 Å². The summed E-state index contributed by atoms with van der Waals surface area (Å²) in [7, 11) is 0. The Bertz CT molecular complexity index is 1140. The molecule has 0 atom stereocenters. The molecule has 6 nitrogen and oxygen atoms in total. The first-order valence-corrected chi connectivity index (χ1v) is 12.1. The number of thioether (sulfide) groups is 1. The van der Waals surface area contributed by atoms with Crippen LogP contribution in [0.1, 0.15) is 45.0 Å². The fourth-order valence-electron chi connectivity index (χ4n) is 3.99. The minimum Gasteiger partial charge on any atom is -0.337 e. The number of ketones is 1. The van der Waals surface area contributed by atoms with Crippen LogP contribution in [0.3, 0.4) is 0 Å². The molecule has 2 amide bonds.